The molecule has 0 heterocycles. The molecule has 1 aromatic carbocycles. The lowest BCUT2D eigenvalue weighted by molar-refractivity contribution is -0.137. The van der Waals surface area contributed by atoms with Crippen LogP contribution in [0.2, 0.25) is 0 Å². The smallest absolute Gasteiger partial charge is 0.303 e. The third-order valence-electron chi connectivity index (χ3n) is 5.70. The minimum Gasteiger partial charge on any atom is -0.490 e. The van der Waals surface area contributed by atoms with Crippen molar-refractivity contribution in [3.8, 4) is 5.75 Å². The van der Waals surface area contributed by atoms with Crippen LogP contribution in [0.3, 0.4) is 0 Å². The van der Waals surface area contributed by atoms with E-state index >= 15 is 0 Å². The Bertz CT molecular complexity index is 499. The van der Waals surface area contributed by atoms with Gasteiger partial charge in [0.25, 0.3) is 0 Å². The van der Waals surface area contributed by atoms with Gasteiger partial charge in [0.1, 0.15) is 11.9 Å². The van der Waals surface area contributed by atoms with Gasteiger partial charge >= 0.3 is 5.97 Å². The van der Waals surface area contributed by atoms with E-state index < -0.39 is 5.97 Å². The molecule has 2 bridgehead atoms. The maximum atomic E-state index is 10.5. The summed E-state index contributed by atoms with van der Waals surface area (Å²) in [7, 11) is 0. The topological polar surface area (TPSA) is 46.5 Å². The largest absolute Gasteiger partial charge is 0.490 e. The Hall–Kier alpha value is -1.51. The fourth-order valence-corrected chi connectivity index (χ4v) is 4.61. The summed E-state index contributed by atoms with van der Waals surface area (Å²) in [4.78, 5) is 10.5. The lowest BCUT2D eigenvalue weighted by atomic mass is 9.82. The summed E-state index contributed by atoms with van der Waals surface area (Å²) in [6.07, 6.45) is 10.2. The number of para-hydroxylation sites is 1. The molecular weight excluding hydrogens is 288 g/mol. The van der Waals surface area contributed by atoms with Crippen LogP contribution in [0.5, 0.6) is 5.75 Å². The quantitative estimate of drug-likeness (QED) is 0.659. The van der Waals surface area contributed by atoms with Crippen molar-refractivity contribution >= 4 is 5.97 Å². The molecule has 0 amide bonds. The summed E-state index contributed by atoms with van der Waals surface area (Å²) in [5.41, 5.74) is 0. The third kappa shape index (κ3) is 4.27. The van der Waals surface area contributed by atoms with Crippen molar-refractivity contribution in [2.75, 3.05) is 0 Å². The standard InChI is InChI=1S/C20H28O3/c21-19(22)11-7-2-1-6-10-18-15-12-13-16(14-15)20(18)23-17-8-4-3-5-9-17/h3-5,8-9,15-16,18,20H,1-2,6-7,10-14H2,(H,21,22)/t15-,16+,18-,20+/m0/s1. The van der Waals surface area contributed by atoms with Crippen LogP contribution >= 0.6 is 0 Å². The molecule has 2 fully saturated rings. The van der Waals surface area contributed by atoms with E-state index in [1.807, 2.05) is 18.2 Å². The van der Waals surface area contributed by atoms with Gasteiger partial charge in [0.15, 0.2) is 0 Å². The predicted molar refractivity (Wildman–Crippen MR) is 90.5 cm³/mol. The molecule has 2 aliphatic rings. The Morgan fingerprint density at radius 2 is 1.78 bits per heavy atom. The Morgan fingerprint density at radius 1 is 1.04 bits per heavy atom. The molecule has 0 saturated heterocycles. The fraction of sp³-hybridized carbons (Fsp3) is 0.650. The Kier molecular flexibility index (Phi) is 5.58. The lowest BCUT2D eigenvalue weighted by Crippen LogP contribution is -2.33. The molecule has 3 rings (SSSR count). The molecule has 4 atom stereocenters. The summed E-state index contributed by atoms with van der Waals surface area (Å²) >= 11 is 0. The van der Waals surface area contributed by atoms with Gasteiger partial charge in [-0.05, 0) is 62.0 Å². The minimum absolute atomic E-state index is 0.313. The highest BCUT2D eigenvalue weighted by Gasteiger charge is 2.48. The van der Waals surface area contributed by atoms with Crippen molar-refractivity contribution < 1.29 is 14.6 Å². The fourth-order valence-electron chi connectivity index (χ4n) is 4.61. The number of ether oxygens (including phenoxy) is 1. The molecule has 0 radical (unpaired) electrons. The molecule has 0 unspecified atom stereocenters. The second kappa shape index (κ2) is 7.85. The highest BCUT2D eigenvalue weighted by Crippen LogP contribution is 2.51. The molecule has 126 valence electrons. The highest BCUT2D eigenvalue weighted by atomic mass is 16.5. The van der Waals surface area contributed by atoms with Crippen molar-refractivity contribution in [1.29, 1.82) is 0 Å². The zero-order valence-corrected chi connectivity index (χ0v) is 13.8. The maximum Gasteiger partial charge on any atom is 0.303 e. The molecule has 1 N–H and O–H groups in total. The van der Waals surface area contributed by atoms with E-state index in [-0.39, 0.29) is 0 Å². The summed E-state index contributed by atoms with van der Waals surface area (Å²) in [6.45, 7) is 0. The zero-order chi connectivity index (χ0) is 16.1. The number of rotatable bonds is 9. The molecule has 0 spiro atoms. The van der Waals surface area contributed by atoms with Crippen LogP contribution in [0.1, 0.15) is 57.8 Å². The van der Waals surface area contributed by atoms with E-state index in [2.05, 4.69) is 12.1 Å². The second-order valence-electron chi connectivity index (χ2n) is 7.24. The van der Waals surface area contributed by atoms with E-state index in [1.165, 1.54) is 32.1 Å². The summed E-state index contributed by atoms with van der Waals surface area (Å²) in [6, 6.07) is 10.2. The molecule has 1 aromatic rings. The number of hydrogen-bond donors (Lipinski definition) is 1. The third-order valence-corrected chi connectivity index (χ3v) is 5.70. The number of carboxylic acid groups (broad SMARTS) is 1. The first kappa shape index (κ1) is 16.4. The molecule has 0 aromatic heterocycles. The lowest BCUT2D eigenvalue weighted by Gasteiger charge is -2.31. The maximum absolute atomic E-state index is 10.5. The number of benzene rings is 1. The number of fused-ring (bicyclic) bond motifs is 2. The number of aliphatic carboxylic acids is 1. The number of carbonyl (C=O) groups is 1. The zero-order valence-electron chi connectivity index (χ0n) is 13.8. The number of hydrogen-bond acceptors (Lipinski definition) is 2. The van der Waals surface area contributed by atoms with Crippen LogP contribution in [0, 0.1) is 17.8 Å². The minimum atomic E-state index is -0.672. The average Bonchev–Trinajstić information content (AvgIpc) is 3.14. The first-order chi connectivity index (χ1) is 11.2. The van der Waals surface area contributed by atoms with E-state index in [1.54, 1.807) is 0 Å². The Morgan fingerprint density at radius 3 is 2.57 bits per heavy atom. The molecule has 3 nitrogen and oxygen atoms in total. The van der Waals surface area contributed by atoms with Gasteiger partial charge in [0.2, 0.25) is 0 Å². The van der Waals surface area contributed by atoms with E-state index in [0.29, 0.717) is 18.4 Å². The van der Waals surface area contributed by atoms with E-state index in [4.69, 9.17) is 9.84 Å². The predicted octanol–water partition coefficient (Wildman–Crippen LogP) is 4.91. The van der Waals surface area contributed by atoms with E-state index in [9.17, 15) is 4.79 Å². The summed E-state index contributed by atoms with van der Waals surface area (Å²) < 4.78 is 6.35. The van der Waals surface area contributed by atoms with Gasteiger partial charge in [-0.2, -0.15) is 0 Å². The summed E-state index contributed by atoms with van der Waals surface area (Å²) in [5, 5.41) is 8.67. The number of carboxylic acids is 1. The van der Waals surface area contributed by atoms with Gasteiger partial charge < -0.3 is 9.84 Å². The van der Waals surface area contributed by atoms with Gasteiger partial charge in [-0.25, -0.2) is 0 Å². The number of unbranched alkanes of at least 4 members (excludes halogenated alkanes) is 3. The van der Waals surface area contributed by atoms with Crippen LogP contribution < -0.4 is 4.74 Å². The van der Waals surface area contributed by atoms with Crippen molar-refractivity contribution in [3.05, 3.63) is 30.3 Å². The molecule has 0 aliphatic heterocycles. The molecule has 2 aliphatic carbocycles. The van der Waals surface area contributed by atoms with Crippen molar-refractivity contribution in [2.24, 2.45) is 17.8 Å². The molecule has 23 heavy (non-hydrogen) atoms. The molecule has 2 saturated carbocycles. The molecular formula is C20H28O3. The van der Waals surface area contributed by atoms with Gasteiger partial charge in [-0.3, -0.25) is 4.79 Å². The van der Waals surface area contributed by atoms with Crippen molar-refractivity contribution in [1.82, 2.24) is 0 Å². The van der Waals surface area contributed by atoms with E-state index in [0.717, 1.165) is 36.8 Å². The van der Waals surface area contributed by atoms with Crippen LogP contribution in [0.4, 0.5) is 0 Å². The van der Waals surface area contributed by atoms with Gasteiger partial charge in [-0.1, -0.05) is 37.5 Å². The average molecular weight is 316 g/mol. The monoisotopic (exact) mass is 316 g/mol. The Labute approximate surface area is 139 Å². The van der Waals surface area contributed by atoms with Gasteiger partial charge in [0, 0.05) is 6.42 Å². The first-order valence-corrected chi connectivity index (χ1v) is 9.17. The van der Waals surface area contributed by atoms with Crippen LogP contribution in [0.15, 0.2) is 30.3 Å². The Balaban J connectivity index is 1.46. The summed E-state index contributed by atoms with van der Waals surface area (Å²) in [5.74, 6) is 2.64. The van der Waals surface area contributed by atoms with Crippen LogP contribution in [0.25, 0.3) is 0 Å². The highest BCUT2D eigenvalue weighted by molar-refractivity contribution is 5.66. The normalized spacial score (nSPS) is 28.9. The first-order valence-electron chi connectivity index (χ1n) is 9.17. The van der Waals surface area contributed by atoms with Gasteiger partial charge in [-0.15, -0.1) is 0 Å². The van der Waals surface area contributed by atoms with Gasteiger partial charge in [0.05, 0.1) is 0 Å². The molecule has 3 heteroatoms. The van der Waals surface area contributed by atoms with Crippen LogP contribution in [-0.4, -0.2) is 17.2 Å². The van der Waals surface area contributed by atoms with Crippen LogP contribution in [-0.2, 0) is 4.79 Å². The second-order valence-corrected chi connectivity index (χ2v) is 7.24. The SMILES string of the molecule is O=C(O)CCCCCC[C@H]1[C@H]2CC[C@H](C2)[C@H]1Oc1ccccc1. The van der Waals surface area contributed by atoms with Crippen molar-refractivity contribution in [2.45, 2.75) is 63.9 Å². The van der Waals surface area contributed by atoms with Crippen molar-refractivity contribution in [3.63, 3.8) is 0 Å².